The highest BCUT2D eigenvalue weighted by molar-refractivity contribution is 5.85. The molecule has 1 heterocycles. The maximum Gasteiger partial charge on any atom is 0.312 e. The molecule has 1 amide bonds. The van der Waals surface area contributed by atoms with Crippen molar-refractivity contribution in [2.75, 3.05) is 6.61 Å². The molecular weight excluding hydrogens is 327 g/mol. The molecule has 1 N–H and O–H groups in total. The van der Waals surface area contributed by atoms with Gasteiger partial charge in [0.25, 0.3) is 5.91 Å². The molecule has 2 aromatic carbocycles. The van der Waals surface area contributed by atoms with Crippen molar-refractivity contribution in [2.45, 2.75) is 13.0 Å². The van der Waals surface area contributed by atoms with Crippen LogP contribution >= 0.6 is 0 Å². The van der Waals surface area contributed by atoms with Crippen molar-refractivity contribution in [2.24, 2.45) is 0 Å². The van der Waals surface area contributed by atoms with E-state index in [2.05, 4.69) is 10.5 Å². The molecule has 0 radical (unpaired) electrons. The summed E-state index contributed by atoms with van der Waals surface area (Å²) in [6.45, 7) is -0.417. The molecule has 3 aromatic rings. The molecule has 0 atom stereocenters. The number of nitrogens with one attached hydrogen (secondary N) is 1. The Morgan fingerprint density at radius 2 is 1.88 bits per heavy atom. The molecule has 0 fully saturated rings. The van der Waals surface area contributed by atoms with Crippen LogP contribution in [0.25, 0.3) is 11.0 Å². The summed E-state index contributed by atoms with van der Waals surface area (Å²) in [7, 11) is 0. The van der Waals surface area contributed by atoms with E-state index in [0.717, 1.165) is 5.39 Å². The third-order valence-corrected chi connectivity index (χ3v) is 3.56. The molecule has 1 aromatic heterocycles. The Kier molecular flexibility index (Phi) is 5.03. The van der Waals surface area contributed by atoms with Gasteiger partial charge in [0.15, 0.2) is 12.2 Å². The number of carbonyl (C=O) groups is 2. The SMILES string of the molecule is O=C(COC(=O)Cc1noc2ccccc12)NCc1ccccc1F. The molecule has 0 aliphatic rings. The normalized spacial score (nSPS) is 10.6. The van der Waals surface area contributed by atoms with Gasteiger partial charge in [0.1, 0.15) is 11.5 Å². The van der Waals surface area contributed by atoms with Crippen molar-refractivity contribution >= 4 is 22.8 Å². The molecule has 0 saturated heterocycles. The quantitative estimate of drug-likeness (QED) is 0.696. The lowest BCUT2D eigenvalue weighted by Crippen LogP contribution is -2.29. The first-order chi connectivity index (χ1) is 12.1. The largest absolute Gasteiger partial charge is 0.455 e. The number of benzene rings is 2. The van der Waals surface area contributed by atoms with Crippen LogP contribution in [0.15, 0.2) is 53.1 Å². The van der Waals surface area contributed by atoms with E-state index in [-0.39, 0.29) is 13.0 Å². The molecule has 0 aliphatic heterocycles. The predicted octanol–water partition coefficient (Wildman–Crippen LogP) is 2.37. The summed E-state index contributed by atoms with van der Waals surface area (Å²) in [6, 6.07) is 13.3. The number of rotatable bonds is 6. The maximum atomic E-state index is 13.4. The summed E-state index contributed by atoms with van der Waals surface area (Å²) in [5, 5.41) is 7.05. The minimum Gasteiger partial charge on any atom is -0.455 e. The molecule has 0 spiro atoms. The Balaban J connectivity index is 1.47. The smallest absolute Gasteiger partial charge is 0.312 e. The molecule has 6 nitrogen and oxygen atoms in total. The molecule has 128 valence electrons. The van der Waals surface area contributed by atoms with E-state index in [1.807, 2.05) is 6.07 Å². The summed E-state index contributed by atoms with van der Waals surface area (Å²) < 4.78 is 23.5. The Labute approximate surface area is 142 Å². The highest BCUT2D eigenvalue weighted by Gasteiger charge is 2.14. The molecule has 7 heteroatoms. The van der Waals surface area contributed by atoms with Gasteiger partial charge in [-0.3, -0.25) is 9.59 Å². The third-order valence-electron chi connectivity index (χ3n) is 3.56. The number of nitrogens with zero attached hydrogens (tertiary/aromatic N) is 1. The minimum atomic E-state index is -0.597. The number of carbonyl (C=O) groups excluding carboxylic acids is 2. The van der Waals surface area contributed by atoms with Crippen LogP contribution in [0.5, 0.6) is 0 Å². The van der Waals surface area contributed by atoms with Crippen molar-refractivity contribution in [1.29, 1.82) is 0 Å². The Bertz CT molecular complexity index is 907. The Morgan fingerprint density at radius 3 is 2.72 bits per heavy atom. The van der Waals surface area contributed by atoms with Gasteiger partial charge in [0, 0.05) is 17.5 Å². The number of para-hydroxylation sites is 1. The molecule has 3 rings (SSSR count). The van der Waals surface area contributed by atoms with E-state index in [4.69, 9.17) is 9.26 Å². The van der Waals surface area contributed by atoms with E-state index in [1.165, 1.54) is 6.07 Å². The topological polar surface area (TPSA) is 81.4 Å². The van der Waals surface area contributed by atoms with Crippen molar-refractivity contribution in [1.82, 2.24) is 10.5 Å². The van der Waals surface area contributed by atoms with Crippen LogP contribution in [0.3, 0.4) is 0 Å². The summed E-state index contributed by atoms with van der Waals surface area (Å²) in [5.41, 5.74) is 1.39. The van der Waals surface area contributed by atoms with Crippen molar-refractivity contribution in [3.63, 3.8) is 0 Å². The minimum absolute atomic E-state index is 0.0248. The van der Waals surface area contributed by atoms with Gasteiger partial charge in [-0.2, -0.15) is 0 Å². The van der Waals surface area contributed by atoms with E-state index in [1.54, 1.807) is 36.4 Å². The molecular formula is C18H15FN2O4. The third kappa shape index (κ3) is 4.20. The lowest BCUT2D eigenvalue weighted by molar-refractivity contribution is -0.148. The monoisotopic (exact) mass is 342 g/mol. The van der Waals surface area contributed by atoms with Crippen molar-refractivity contribution < 1.29 is 23.2 Å². The second kappa shape index (κ2) is 7.57. The fraction of sp³-hybridized carbons (Fsp3) is 0.167. The maximum absolute atomic E-state index is 13.4. The molecule has 0 saturated carbocycles. The highest BCUT2D eigenvalue weighted by Crippen LogP contribution is 2.18. The second-order valence-electron chi connectivity index (χ2n) is 5.33. The summed E-state index contributed by atoms with van der Waals surface area (Å²) >= 11 is 0. The number of halogens is 1. The van der Waals surface area contributed by atoms with E-state index >= 15 is 0 Å². The van der Waals surface area contributed by atoms with Crippen LogP contribution in [-0.4, -0.2) is 23.6 Å². The zero-order chi connectivity index (χ0) is 17.6. The summed E-state index contributed by atoms with van der Waals surface area (Å²) in [4.78, 5) is 23.5. The van der Waals surface area contributed by atoms with Crippen molar-refractivity contribution in [3.8, 4) is 0 Å². The Morgan fingerprint density at radius 1 is 1.12 bits per heavy atom. The summed E-state index contributed by atoms with van der Waals surface area (Å²) in [6.07, 6.45) is -0.0996. The average molecular weight is 342 g/mol. The van der Waals surface area contributed by atoms with Crippen LogP contribution in [0, 0.1) is 5.82 Å². The lowest BCUT2D eigenvalue weighted by atomic mass is 10.2. The van der Waals surface area contributed by atoms with Crippen LogP contribution in [0.2, 0.25) is 0 Å². The number of ether oxygens (including phenoxy) is 1. The van der Waals surface area contributed by atoms with Crippen LogP contribution in [0.4, 0.5) is 4.39 Å². The van der Waals surface area contributed by atoms with E-state index < -0.39 is 24.3 Å². The van der Waals surface area contributed by atoms with Crippen LogP contribution < -0.4 is 5.32 Å². The van der Waals surface area contributed by atoms with Gasteiger partial charge >= 0.3 is 5.97 Å². The fourth-order valence-corrected chi connectivity index (χ4v) is 2.29. The van der Waals surface area contributed by atoms with E-state index in [0.29, 0.717) is 16.8 Å². The van der Waals surface area contributed by atoms with Gasteiger partial charge in [-0.05, 0) is 18.2 Å². The fourth-order valence-electron chi connectivity index (χ4n) is 2.29. The highest BCUT2D eigenvalue weighted by atomic mass is 19.1. The number of esters is 1. The standard InChI is InChI=1S/C18H15FN2O4/c19-14-7-3-1-5-12(14)10-20-17(22)11-24-18(23)9-15-13-6-2-4-8-16(13)25-21-15/h1-8H,9-11H2,(H,20,22). The number of amides is 1. The van der Waals surface area contributed by atoms with Gasteiger partial charge < -0.3 is 14.6 Å². The number of hydrogen-bond acceptors (Lipinski definition) is 5. The first-order valence-corrected chi connectivity index (χ1v) is 7.62. The zero-order valence-corrected chi connectivity index (χ0v) is 13.2. The van der Waals surface area contributed by atoms with Crippen molar-refractivity contribution in [3.05, 3.63) is 65.6 Å². The Hall–Kier alpha value is -3.22. The van der Waals surface area contributed by atoms with Gasteiger partial charge in [0.2, 0.25) is 0 Å². The number of fused-ring (bicyclic) bond motifs is 1. The zero-order valence-electron chi connectivity index (χ0n) is 13.2. The second-order valence-corrected chi connectivity index (χ2v) is 5.33. The van der Waals surface area contributed by atoms with E-state index in [9.17, 15) is 14.0 Å². The molecule has 0 bridgehead atoms. The molecule has 0 unspecified atom stereocenters. The van der Waals surface area contributed by atoms with Crippen LogP contribution in [-0.2, 0) is 27.3 Å². The predicted molar refractivity (Wildman–Crippen MR) is 86.9 cm³/mol. The number of hydrogen-bond donors (Lipinski definition) is 1. The van der Waals surface area contributed by atoms with Gasteiger partial charge in [-0.1, -0.05) is 35.5 Å². The summed E-state index contributed by atoms with van der Waals surface area (Å²) in [5.74, 6) is -1.51. The first kappa shape index (κ1) is 16.6. The average Bonchev–Trinajstić information content (AvgIpc) is 3.02. The molecule has 0 aliphatic carbocycles. The van der Waals surface area contributed by atoms with Crippen LogP contribution in [0.1, 0.15) is 11.3 Å². The van der Waals surface area contributed by atoms with Gasteiger partial charge in [0.05, 0.1) is 6.42 Å². The lowest BCUT2D eigenvalue weighted by Gasteiger charge is -2.07. The number of aromatic nitrogens is 1. The first-order valence-electron chi connectivity index (χ1n) is 7.62. The van der Waals surface area contributed by atoms with Gasteiger partial charge in [-0.15, -0.1) is 0 Å². The van der Waals surface area contributed by atoms with Gasteiger partial charge in [-0.25, -0.2) is 4.39 Å². The molecule has 25 heavy (non-hydrogen) atoms.